The molecule has 8 heteroatoms. The minimum Gasteiger partial charge on any atom is -0.457 e. The van der Waals surface area contributed by atoms with Crippen LogP contribution in [-0.4, -0.2) is 34.1 Å². The lowest BCUT2D eigenvalue weighted by Crippen LogP contribution is -2.31. The number of thioether (sulfide) groups is 1. The van der Waals surface area contributed by atoms with Gasteiger partial charge in [0.15, 0.2) is 6.61 Å². The summed E-state index contributed by atoms with van der Waals surface area (Å²) >= 11 is 1.31. The van der Waals surface area contributed by atoms with Crippen LogP contribution in [0.4, 0.5) is 10.1 Å². The summed E-state index contributed by atoms with van der Waals surface area (Å²) < 4.78 is 20.3. The zero-order valence-corrected chi connectivity index (χ0v) is 19.1. The number of aromatic nitrogens is 1. The topological polar surface area (TPSA) is 77.4 Å². The average molecular weight is 467 g/mol. The van der Waals surface area contributed by atoms with Gasteiger partial charge in [0.25, 0.3) is 0 Å². The Kier molecular flexibility index (Phi) is 6.65. The van der Waals surface area contributed by atoms with E-state index in [0.717, 1.165) is 27.5 Å². The van der Waals surface area contributed by atoms with Crippen molar-refractivity contribution in [2.45, 2.75) is 37.0 Å². The number of ketones is 1. The van der Waals surface area contributed by atoms with E-state index in [1.807, 2.05) is 36.6 Å². The maximum atomic E-state index is 13.2. The van der Waals surface area contributed by atoms with Crippen LogP contribution in [0.2, 0.25) is 0 Å². The number of aryl methyl sites for hydroxylation is 1. The smallest absolute Gasteiger partial charge is 0.307 e. The number of nitrogens with zero attached hydrogens (tertiary/aromatic N) is 1. The number of ether oxygens (including phenoxy) is 1. The Labute approximate surface area is 195 Å². The average Bonchev–Trinajstić information content (AvgIpc) is 3.08. The van der Waals surface area contributed by atoms with E-state index in [2.05, 4.69) is 5.32 Å². The Hall–Kier alpha value is -3.39. The number of benzene rings is 2. The third-order valence-corrected chi connectivity index (χ3v) is 6.83. The summed E-state index contributed by atoms with van der Waals surface area (Å²) in [5, 5.41) is 2.18. The molecular formula is C25H23FN2O4S. The molecule has 0 spiro atoms. The highest BCUT2D eigenvalue weighted by Crippen LogP contribution is 2.36. The summed E-state index contributed by atoms with van der Waals surface area (Å²) in [7, 11) is 0. The minimum atomic E-state index is -0.608. The van der Waals surface area contributed by atoms with Crippen LogP contribution in [0.5, 0.6) is 0 Å². The predicted octanol–water partition coefficient (Wildman–Crippen LogP) is 4.52. The van der Waals surface area contributed by atoms with Crippen molar-refractivity contribution >= 4 is 35.1 Å². The van der Waals surface area contributed by atoms with E-state index in [1.54, 1.807) is 24.3 Å². The largest absolute Gasteiger partial charge is 0.457 e. The molecule has 1 amide bonds. The molecular weight excluding hydrogens is 443 g/mol. The molecule has 2 heterocycles. The molecule has 1 aliphatic heterocycles. The van der Waals surface area contributed by atoms with Gasteiger partial charge in [0.05, 0.1) is 17.4 Å². The number of nitrogens with one attached hydrogen (secondary N) is 1. The van der Waals surface area contributed by atoms with E-state index in [1.165, 1.54) is 23.9 Å². The molecule has 1 aliphatic rings. The van der Waals surface area contributed by atoms with Gasteiger partial charge in [-0.1, -0.05) is 24.3 Å². The summed E-state index contributed by atoms with van der Waals surface area (Å²) in [6.45, 7) is 3.82. The van der Waals surface area contributed by atoms with Gasteiger partial charge in [-0.25, -0.2) is 4.39 Å². The molecule has 0 saturated carbocycles. The lowest BCUT2D eigenvalue weighted by molar-refractivity contribution is -0.143. The van der Waals surface area contributed by atoms with Gasteiger partial charge in [-0.05, 0) is 49.7 Å². The second-order valence-corrected chi connectivity index (χ2v) is 9.12. The zero-order valence-electron chi connectivity index (χ0n) is 18.3. The van der Waals surface area contributed by atoms with Gasteiger partial charge in [-0.3, -0.25) is 14.4 Å². The molecule has 1 aromatic heterocycles. The Bertz CT molecular complexity index is 1220. The molecule has 33 heavy (non-hydrogen) atoms. The minimum absolute atomic E-state index is 0.123. The Morgan fingerprint density at radius 2 is 1.85 bits per heavy atom. The van der Waals surface area contributed by atoms with Gasteiger partial charge < -0.3 is 14.6 Å². The maximum Gasteiger partial charge on any atom is 0.307 e. The van der Waals surface area contributed by atoms with Crippen LogP contribution in [0.3, 0.4) is 0 Å². The zero-order chi connectivity index (χ0) is 23.5. The van der Waals surface area contributed by atoms with E-state index in [9.17, 15) is 18.8 Å². The normalized spacial score (nSPS) is 15.0. The molecule has 2 aromatic carbocycles. The number of carbonyl (C=O) groups excluding carboxylic acids is 3. The van der Waals surface area contributed by atoms with Crippen molar-refractivity contribution in [3.05, 3.63) is 82.9 Å². The second-order valence-electron chi connectivity index (χ2n) is 7.88. The Morgan fingerprint density at radius 3 is 2.61 bits per heavy atom. The summed E-state index contributed by atoms with van der Waals surface area (Å²) in [5.41, 5.74) is 3.73. The van der Waals surface area contributed by atoms with Crippen molar-refractivity contribution in [2.75, 3.05) is 11.9 Å². The van der Waals surface area contributed by atoms with E-state index >= 15 is 0 Å². The number of para-hydroxylation sites is 1. The lowest BCUT2D eigenvalue weighted by atomic mass is 10.1. The molecule has 1 atom stereocenters. The number of amides is 1. The van der Waals surface area contributed by atoms with Gasteiger partial charge in [0.2, 0.25) is 11.7 Å². The quantitative estimate of drug-likeness (QED) is 0.409. The first-order valence-electron chi connectivity index (χ1n) is 10.5. The molecule has 1 unspecified atom stereocenters. The van der Waals surface area contributed by atoms with Gasteiger partial charge in [0, 0.05) is 28.4 Å². The van der Waals surface area contributed by atoms with E-state index in [-0.39, 0.29) is 23.9 Å². The van der Waals surface area contributed by atoms with Crippen LogP contribution < -0.4 is 5.32 Å². The maximum absolute atomic E-state index is 13.2. The Morgan fingerprint density at radius 1 is 1.12 bits per heavy atom. The van der Waals surface area contributed by atoms with Crippen molar-refractivity contribution in [1.29, 1.82) is 0 Å². The SMILES string of the molecule is Cc1cc(C(=O)COC(=O)CC2Sc3ccccc3NC2=O)c(C)n1Cc1ccc(F)cc1. The van der Waals surface area contributed by atoms with E-state index in [4.69, 9.17) is 4.74 Å². The number of halogens is 1. The number of anilines is 1. The first-order valence-corrected chi connectivity index (χ1v) is 11.4. The van der Waals surface area contributed by atoms with Crippen molar-refractivity contribution in [1.82, 2.24) is 4.57 Å². The number of Topliss-reactive ketones (excluding diaryl/α,β-unsaturated/α-hetero) is 1. The summed E-state index contributed by atoms with van der Waals surface area (Å²) in [4.78, 5) is 38.2. The number of rotatable bonds is 7. The molecule has 1 N–H and O–H groups in total. The fourth-order valence-corrected chi connectivity index (χ4v) is 4.86. The summed E-state index contributed by atoms with van der Waals surface area (Å²) in [6.07, 6.45) is -0.123. The number of hydrogen-bond acceptors (Lipinski definition) is 5. The van der Waals surface area contributed by atoms with Gasteiger partial charge in [0.1, 0.15) is 5.82 Å². The molecule has 0 radical (unpaired) electrons. The molecule has 4 rings (SSSR count). The number of fused-ring (bicyclic) bond motifs is 1. The highest BCUT2D eigenvalue weighted by Gasteiger charge is 2.29. The predicted molar refractivity (Wildman–Crippen MR) is 124 cm³/mol. The second kappa shape index (κ2) is 9.62. The van der Waals surface area contributed by atoms with Crippen LogP contribution >= 0.6 is 11.8 Å². The summed E-state index contributed by atoms with van der Waals surface area (Å²) in [6, 6.07) is 15.3. The molecule has 3 aromatic rings. The van der Waals surface area contributed by atoms with Crippen LogP contribution in [0.1, 0.15) is 33.7 Å². The fourth-order valence-electron chi connectivity index (χ4n) is 3.76. The molecule has 0 fully saturated rings. The number of esters is 1. The molecule has 6 nitrogen and oxygen atoms in total. The van der Waals surface area contributed by atoms with Crippen molar-refractivity contribution in [3.63, 3.8) is 0 Å². The highest BCUT2D eigenvalue weighted by atomic mass is 32.2. The molecule has 0 bridgehead atoms. The highest BCUT2D eigenvalue weighted by molar-refractivity contribution is 8.01. The first kappa shape index (κ1) is 22.8. The van der Waals surface area contributed by atoms with E-state index < -0.39 is 17.8 Å². The first-order chi connectivity index (χ1) is 15.8. The standard InChI is InChI=1S/C25H23FN2O4S/c1-15-11-19(16(2)28(15)13-17-7-9-18(26)10-8-17)21(29)14-32-24(30)12-23-25(31)27-20-5-3-4-6-22(20)33-23/h3-11,23H,12-14H2,1-2H3,(H,27,31). The van der Waals surface area contributed by atoms with Crippen LogP contribution in [-0.2, 0) is 20.9 Å². The third kappa shape index (κ3) is 5.17. The fraction of sp³-hybridized carbons (Fsp3) is 0.240. The van der Waals surface area contributed by atoms with Crippen LogP contribution in [0, 0.1) is 19.7 Å². The van der Waals surface area contributed by atoms with Gasteiger partial charge >= 0.3 is 5.97 Å². The lowest BCUT2D eigenvalue weighted by Gasteiger charge is -2.23. The van der Waals surface area contributed by atoms with Crippen molar-refractivity contribution in [3.8, 4) is 0 Å². The van der Waals surface area contributed by atoms with Gasteiger partial charge in [-0.15, -0.1) is 11.8 Å². The van der Waals surface area contributed by atoms with Crippen LogP contribution in [0.15, 0.2) is 59.5 Å². The molecule has 170 valence electrons. The number of carbonyl (C=O) groups is 3. The molecule has 0 aliphatic carbocycles. The van der Waals surface area contributed by atoms with Crippen molar-refractivity contribution in [2.24, 2.45) is 0 Å². The monoisotopic (exact) mass is 466 g/mol. The van der Waals surface area contributed by atoms with E-state index in [0.29, 0.717) is 12.1 Å². The van der Waals surface area contributed by atoms with Crippen LogP contribution in [0.25, 0.3) is 0 Å². The summed E-state index contributed by atoms with van der Waals surface area (Å²) in [5.74, 6) is -1.47. The van der Waals surface area contributed by atoms with Crippen molar-refractivity contribution < 1.29 is 23.5 Å². The third-order valence-electron chi connectivity index (χ3n) is 5.55. The number of hydrogen-bond donors (Lipinski definition) is 1. The van der Waals surface area contributed by atoms with Gasteiger partial charge in [-0.2, -0.15) is 0 Å². The molecule has 0 saturated heterocycles. The Balaban J connectivity index is 1.35.